The van der Waals surface area contributed by atoms with Gasteiger partial charge in [-0.2, -0.15) is 25.2 Å². The van der Waals surface area contributed by atoms with Gasteiger partial charge in [0.2, 0.25) is 0 Å². The molecule has 0 aromatic heterocycles. The first-order valence-corrected chi connectivity index (χ1v) is 7.21. The van der Waals surface area contributed by atoms with E-state index in [-0.39, 0.29) is 23.6 Å². The highest BCUT2D eigenvalue weighted by molar-refractivity contribution is 8.04. The SMILES string of the molecule is O=C1CCCCC1CSOS(=O)(=O)C(F)(F)F. The first-order chi connectivity index (χ1) is 7.74. The summed E-state index contributed by atoms with van der Waals surface area (Å²) in [5.74, 6) is -0.511. The van der Waals surface area contributed by atoms with Gasteiger partial charge in [-0.25, -0.2) is 0 Å². The molecule has 0 aromatic rings. The first kappa shape index (κ1) is 14.8. The van der Waals surface area contributed by atoms with Crippen molar-refractivity contribution in [3.63, 3.8) is 0 Å². The molecule has 17 heavy (non-hydrogen) atoms. The fraction of sp³-hybridized carbons (Fsp3) is 0.875. The standard InChI is InChI=1S/C8H11F3O4S2/c9-8(10,11)17(13,14)15-16-5-6-3-1-2-4-7(6)12/h6H,1-5H2. The van der Waals surface area contributed by atoms with Crippen LogP contribution in [-0.2, 0) is 18.5 Å². The Kier molecular flexibility index (Phi) is 4.85. The monoisotopic (exact) mass is 292 g/mol. The molecule has 0 radical (unpaired) electrons. The molecule has 1 rings (SSSR count). The number of alkyl halides is 3. The van der Waals surface area contributed by atoms with Crippen molar-refractivity contribution < 1.29 is 30.0 Å². The predicted molar refractivity (Wildman–Crippen MR) is 55.5 cm³/mol. The van der Waals surface area contributed by atoms with Crippen molar-refractivity contribution >= 4 is 27.9 Å². The average molecular weight is 292 g/mol. The van der Waals surface area contributed by atoms with Crippen molar-refractivity contribution in [2.75, 3.05) is 5.75 Å². The van der Waals surface area contributed by atoms with Crippen molar-refractivity contribution in [1.29, 1.82) is 0 Å². The summed E-state index contributed by atoms with van der Waals surface area (Å²) in [6, 6.07) is 0. The number of hydrogen-bond donors (Lipinski definition) is 0. The van der Waals surface area contributed by atoms with Crippen LogP contribution in [-0.4, -0.2) is 25.5 Å². The van der Waals surface area contributed by atoms with Crippen LogP contribution >= 0.6 is 12.0 Å². The van der Waals surface area contributed by atoms with E-state index in [2.05, 4.69) is 3.63 Å². The van der Waals surface area contributed by atoms with Crippen LogP contribution in [0.4, 0.5) is 13.2 Å². The maximum absolute atomic E-state index is 11.9. The molecule has 0 heterocycles. The summed E-state index contributed by atoms with van der Waals surface area (Å²) in [4.78, 5) is 11.3. The third kappa shape index (κ3) is 4.14. The van der Waals surface area contributed by atoms with Crippen LogP contribution in [0.15, 0.2) is 0 Å². The van der Waals surface area contributed by atoms with E-state index in [9.17, 15) is 26.4 Å². The molecule has 9 heteroatoms. The Hall–Kier alpha value is -0.280. The molecule has 0 aliphatic heterocycles. The van der Waals surface area contributed by atoms with E-state index in [1.54, 1.807) is 0 Å². The van der Waals surface area contributed by atoms with Gasteiger partial charge in [-0.1, -0.05) is 6.42 Å². The highest BCUT2D eigenvalue weighted by Crippen LogP contribution is 2.30. The smallest absolute Gasteiger partial charge is 0.299 e. The Balaban J connectivity index is 2.40. The van der Waals surface area contributed by atoms with Crippen molar-refractivity contribution in [3.8, 4) is 0 Å². The van der Waals surface area contributed by atoms with Crippen LogP contribution in [0.1, 0.15) is 25.7 Å². The van der Waals surface area contributed by atoms with Gasteiger partial charge in [0.15, 0.2) is 0 Å². The highest BCUT2D eigenvalue weighted by atomic mass is 32.3. The number of carbonyl (C=O) groups excluding carboxylic acids is 1. The van der Waals surface area contributed by atoms with E-state index in [0.29, 0.717) is 12.8 Å². The number of halogens is 3. The molecule has 0 N–H and O–H groups in total. The van der Waals surface area contributed by atoms with Gasteiger partial charge in [0.25, 0.3) is 0 Å². The van der Waals surface area contributed by atoms with Gasteiger partial charge in [0, 0.05) is 30.1 Å². The van der Waals surface area contributed by atoms with E-state index in [1.807, 2.05) is 0 Å². The summed E-state index contributed by atoms with van der Waals surface area (Å²) in [5.41, 5.74) is -5.42. The van der Waals surface area contributed by atoms with Crippen LogP contribution in [0.5, 0.6) is 0 Å². The van der Waals surface area contributed by atoms with E-state index >= 15 is 0 Å². The van der Waals surface area contributed by atoms with Gasteiger partial charge in [-0.3, -0.25) is 4.79 Å². The maximum Gasteiger partial charge on any atom is 0.524 e. The summed E-state index contributed by atoms with van der Waals surface area (Å²) >= 11 is 0.169. The van der Waals surface area contributed by atoms with Crippen molar-refractivity contribution in [3.05, 3.63) is 0 Å². The minimum absolute atomic E-state index is 0.0447. The zero-order valence-electron chi connectivity index (χ0n) is 8.70. The van der Waals surface area contributed by atoms with Crippen LogP contribution in [0.25, 0.3) is 0 Å². The van der Waals surface area contributed by atoms with Crippen molar-refractivity contribution in [2.24, 2.45) is 5.92 Å². The second-order valence-electron chi connectivity index (χ2n) is 3.66. The normalized spacial score (nSPS) is 22.8. The number of hydrogen-bond acceptors (Lipinski definition) is 5. The summed E-state index contributed by atoms with van der Waals surface area (Å²) in [7, 11) is -5.56. The van der Waals surface area contributed by atoms with E-state index < -0.39 is 21.5 Å². The molecule has 1 fully saturated rings. The van der Waals surface area contributed by atoms with Crippen LogP contribution < -0.4 is 0 Å². The van der Waals surface area contributed by atoms with Gasteiger partial charge in [-0.15, -0.1) is 0 Å². The van der Waals surface area contributed by atoms with Gasteiger partial charge in [0.1, 0.15) is 5.78 Å². The topological polar surface area (TPSA) is 60.4 Å². The number of ketones is 1. The Bertz CT molecular complexity index is 377. The lowest BCUT2D eigenvalue weighted by Gasteiger charge is -2.19. The average Bonchev–Trinajstić information content (AvgIpc) is 2.19. The van der Waals surface area contributed by atoms with Crippen LogP contribution in [0.2, 0.25) is 0 Å². The third-order valence-corrected chi connectivity index (χ3v) is 4.58. The van der Waals surface area contributed by atoms with E-state index in [1.165, 1.54) is 0 Å². The Morgan fingerprint density at radius 2 is 2.00 bits per heavy atom. The minimum Gasteiger partial charge on any atom is -0.299 e. The minimum atomic E-state index is -5.56. The number of Topliss-reactive ketones (excluding diaryl/α,β-unsaturated/α-hetero) is 1. The Labute approximate surface area is 101 Å². The predicted octanol–water partition coefficient (Wildman–Crippen LogP) is 2.26. The lowest BCUT2D eigenvalue weighted by atomic mass is 9.89. The zero-order valence-corrected chi connectivity index (χ0v) is 10.3. The lowest BCUT2D eigenvalue weighted by molar-refractivity contribution is -0.123. The molecule has 100 valence electrons. The third-order valence-electron chi connectivity index (χ3n) is 2.37. The van der Waals surface area contributed by atoms with Gasteiger partial charge < -0.3 is 0 Å². The van der Waals surface area contributed by atoms with Crippen LogP contribution in [0, 0.1) is 5.92 Å². The molecule has 1 unspecified atom stereocenters. The number of rotatable bonds is 4. The second kappa shape index (κ2) is 5.57. The second-order valence-corrected chi connectivity index (χ2v) is 6.15. The molecule has 0 spiro atoms. The molecule has 4 nitrogen and oxygen atoms in total. The molecule has 0 aromatic carbocycles. The van der Waals surface area contributed by atoms with E-state index in [0.717, 1.165) is 12.8 Å². The Morgan fingerprint density at radius 3 is 2.53 bits per heavy atom. The summed E-state index contributed by atoms with van der Waals surface area (Å²) in [5, 5.41) is 0. The summed E-state index contributed by atoms with van der Waals surface area (Å²) in [6.07, 6.45) is 2.57. The molecule has 0 amide bonds. The molecular formula is C8H11F3O4S2. The first-order valence-electron chi connectivity index (χ1n) is 4.89. The lowest BCUT2D eigenvalue weighted by Crippen LogP contribution is -2.25. The molecule has 1 aliphatic carbocycles. The molecule has 1 aliphatic rings. The molecule has 0 bridgehead atoms. The molecule has 1 saturated carbocycles. The quantitative estimate of drug-likeness (QED) is 0.587. The van der Waals surface area contributed by atoms with E-state index in [4.69, 9.17) is 0 Å². The fourth-order valence-corrected chi connectivity index (χ4v) is 3.00. The molecule has 0 saturated heterocycles. The zero-order chi connectivity index (χ0) is 13.1. The maximum atomic E-state index is 11.9. The molecular weight excluding hydrogens is 281 g/mol. The van der Waals surface area contributed by atoms with Crippen LogP contribution in [0.3, 0.4) is 0 Å². The largest absolute Gasteiger partial charge is 0.524 e. The summed E-state index contributed by atoms with van der Waals surface area (Å²) < 4.78 is 60.4. The van der Waals surface area contributed by atoms with Crippen molar-refractivity contribution in [1.82, 2.24) is 0 Å². The fourth-order valence-electron chi connectivity index (χ4n) is 1.44. The molecule has 1 atom stereocenters. The summed E-state index contributed by atoms with van der Waals surface area (Å²) in [6.45, 7) is 0. The van der Waals surface area contributed by atoms with Gasteiger partial charge in [-0.05, 0) is 12.8 Å². The van der Waals surface area contributed by atoms with Gasteiger partial charge in [0.05, 0.1) is 0 Å². The van der Waals surface area contributed by atoms with Crippen molar-refractivity contribution in [2.45, 2.75) is 31.2 Å². The Morgan fingerprint density at radius 1 is 1.35 bits per heavy atom. The highest BCUT2D eigenvalue weighted by Gasteiger charge is 2.48. The van der Waals surface area contributed by atoms with Gasteiger partial charge >= 0.3 is 15.6 Å². The number of carbonyl (C=O) groups is 1.